The number of aromatic nitrogens is 1. The minimum atomic E-state index is -0.547. The van der Waals surface area contributed by atoms with Gasteiger partial charge in [0.15, 0.2) is 0 Å². The van der Waals surface area contributed by atoms with Crippen molar-refractivity contribution < 1.29 is 8.78 Å². The van der Waals surface area contributed by atoms with E-state index in [4.69, 9.17) is 5.73 Å². The summed E-state index contributed by atoms with van der Waals surface area (Å²) < 4.78 is 29.0. The van der Waals surface area contributed by atoms with Gasteiger partial charge in [-0.05, 0) is 38.4 Å². The molecule has 17 heavy (non-hydrogen) atoms. The molecule has 0 fully saturated rings. The van der Waals surface area contributed by atoms with Crippen LogP contribution in [0.4, 0.5) is 8.78 Å². The quantitative estimate of drug-likeness (QED) is 0.875. The lowest BCUT2D eigenvalue weighted by atomic mass is 10.1. The van der Waals surface area contributed by atoms with E-state index in [2.05, 4.69) is 0 Å². The fourth-order valence-corrected chi connectivity index (χ4v) is 2.16. The van der Waals surface area contributed by atoms with Crippen LogP contribution >= 0.6 is 0 Å². The van der Waals surface area contributed by atoms with E-state index in [-0.39, 0.29) is 6.04 Å². The summed E-state index contributed by atoms with van der Waals surface area (Å²) in [6, 6.07) is 2.45. The maximum absolute atomic E-state index is 13.8. The third kappa shape index (κ3) is 2.05. The van der Waals surface area contributed by atoms with Gasteiger partial charge in [0.1, 0.15) is 11.6 Å². The first-order chi connectivity index (χ1) is 8.04. The van der Waals surface area contributed by atoms with E-state index in [1.165, 1.54) is 6.07 Å². The first-order valence-electron chi connectivity index (χ1n) is 5.73. The minimum absolute atomic E-state index is 0.158. The van der Waals surface area contributed by atoms with Crippen LogP contribution < -0.4 is 5.73 Å². The molecule has 0 amide bonds. The lowest BCUT2D eigenvalue weighted by molar-refractivity contribution is 0.586. The van der Waals surface area contributed by atoms with Crippen molar-refractivity contribution in [2.75, 3.05) is 6.54 Å². The van der Waals surface area contributed by atoms with Crippen LogP contribution in [-0.4, -0.2) is 11.1 Å². The van der Waals surface area contributed by atoms with Crippen LogP contribution in [0.5, 0.6) is 0 Å². The van der Waals surface area contributed by atoms with E-state index in [9.17, 15) is 8.78 Å². The average molecular weight is 238 g/mol. The molecule has 1 aromatic carbocycles. The Morgan fingerprint density at radius 2 is 2.00 bits per heavy atom. The summed E-state index contributed by atoms with van der Waals surface area (Å²) in [6.45, 7) is 4.41. The number of fused-ring (bicyclic) bond motifs is 1. The highest BCUT2D eigenvalue weighted by Crippen LogP contribution is 2.28. The number of halogens is 2. The van der Waals surface area contributed by atoms with Crippen LogP contribution in [0.15, 0.2) is 18.3 Å². The maximum Gasteiger partial charge on any atom is 0.135 e. The summed E-state index contributed by atoms with van der Waals surface area (Å²) in [6.07, 6.45) is 2.46. The number of hydrogen-bond acceptors (Lipinski definition) is 1. The van der Waals surface area contributed by atoms with Gasteiger partial charge in [-0.1, -0.05) is 0 Å². The molecule has 4 heteroatoms. The molecule has 0 aliphatic heterocycles. The van der Waals surface area contributed by atoms with Crippen LogP contribution in [0.1, 0.15) is 25.5 Å². The molecular weight excluding hydrogens is 222 g/mol. The Kier molecular flexibility index (Phi) is 3.15. The molecule has 1 aromatic heterocycles. The first kappa shape index (κ1) is 12.0. The monoisotopic (exact) mass is 238 g/mol. The summed E-state index contributed by atoms with van der Waals surface area (Å²) in [5.41, 5.74) is 6.95. The van der Waals surface area contributed by atoms with Crippen molar-refractivity contribution in [3.8, 4) is 0 Å². The Morgan fingerprint density at radius 3 is 2.59 bits per heavy atom. The van der Waals surface area contributed by atoms with Gasteiger partial charge in [0.2, 0.25) is 0 Å². The molecule has 0 saturated heterocycles. The second kappa shape index (κ2) is 4.45. The standard InChI is InChI=1S/C13H16F2N2/c1-8(2)17-7-9(3-4-16)13-11(15)5-10(14)6-12(13)17/h5-8H,3-4,16H2,1-2H3. The van der Waals surface area contributed by atoms with Crippen molar-refractivity contribution >= 4 is 10.9 Å². The van der Waals surface area contributed by atoms with Gasteiger partial charge in [-0.3, -0.25) is 0 Å². The fraction of sp³-hybridized carbons (Fsp3) is 0.385. The topological polar surface area (TPSA) is 30.9 Å². The van der Waals surface area contributed by atoms with Crippen LogP contribution in [0.3, 0.4) is 0 Å². The third-order valence-electron chi connectivity index (χ3n) is 2.90. The SMILES string of the molecule is CC(C)n1cc(CCN)c2c(F)cc(F)cc21. The second-order valence-corrected chi connectivity index (χ2v) is 4.48. The average Bonchev–Trinajstić information content (AvgIpc) is 2.57. The predicted molar refractivity (Wildman–Crippen MR) is 65.0 cm³/mol. The second-order valence-electron chi connectivity index (χ2n) is 4.48. The zero-order valence-electron chi connectivity index (χ0n) is 10.0. The smallest absolute Gasteiger partial charge is 0.135 e. The highest BCUT2D eigenvalue weighted by atomic mass is 19.1. The van der Waals surface area contributed by atoms with Gasteiger partial charge >= 0.3 is 0 Å². The third-order valence-corrected chi connectivity index (χ3v) is 2.90. The predicted octanol–water partition coefficient (Wildman–Crippen LogP) is 3.00. The maximum atomic E-state index is 13.8. The zero-order valence-corrected chi connectivity index (χ0v) is 10.0. The van der Waals surface area contributed by atoms with Crippen molar-refractivity contribution in [2.24, 2.45) is 5.73 Å². The Bertz CT molecular complexity index is 544. The van der Waals surface area contributed by atoms with Crippen molar-refractivity contribution in [1.29, 1.82) is 0 Å². The fourth-order valence-electron chi connectivity index (χ4n) is 2.16. The van der Waals surface area contributed by atoms with Crippen molar-refractivity contribution in [1.82, 2.24) is 4.57 Å². The summed E-state index contributed by atoms with van der Waals surface area (Å²) in [7, 11) is 0. The lowest BCUT2D eigenvalue weighted by Gasteiger charge is -2.08. The summed E-state index contributed by atoms with van der Waals surface area (Å²) in [5, 5.41) is 0.491. The summed E-state index contributed by atoms with van der Waals surface area (Å²) in [4.78, 5) is 0. The number of hydrogen-bond donors (Lipinski definition) is 1. The molecule has 2 N–H and O–H groups in total. The molecule has 0 aliphatic rings. The molecule has 2 rings (SSSR count). The molecule has 0 bridgehead atoms. The molecule has 0 aliphatic carbocycles. The minimum Gasteiger partial charge on any atom is -0.345 e. The van der Waals surface area contributed by atoms with Crippen molar-refractivity contribution in [3.05, 3.63) is 35.5 Å². The van der Waals surface area contributed by atoms with E-state index in [1.807, 2.05) is 24.6 Å². The largest absolute Gasteiger partial charge is 0.345 e. The highest BCUT2D eigenvalue weighted by Gasteiger charge is 2.15. The highest BCUT2D eigenvalue weighted by molar-refractivity contribution is 5.85. The van der Waals surface area contributed by atoms with E-state index in [1.54, 1.807) is 0 Å². The van der Waals surface area contributed by atoms with E-state index < -0.39 is 11.6 Å². The summed E-state index contributed by atoms with van der Waals surface area (Å²) in [5.74, 6) is -1.06. The number of nitrogens with zero attached hydrogens (tertiary/aromatic N) is 1. The molecule has 0 atom stereocenters. The molecule has 0 spiro atoms. The van der Waals surface area contributed by atoms with Crippen LogP contribution in [0.2, 0.25) is 0 Å². The van der Waals surface area contributed by atoms with Gasteiger partial charge in [0.25, 0.3) is 0 Å². The van der Waals surface area contributed by atoms with E-state index in [0.29, 0.717) is 23.9 Å². The van der Waals surface area contributed by atoms with Crippen LogP contribution in [0.25, 0.3) is 10.9 Å². The molecule has 2 nitrogen and oxygen atoms in total. The zero-order chi connectivity index (χ0) is 12.6. The Hall–Kier alpha value is -1.42. The van der Waals surface area contributed by atoms with Gasteiger partial charge in [-0.25, -0.2) is 8.78 Å². The number of benzene rings is 1. The number of rotatable bonds is 3. The lowest BCUT2D eigenvalue weighted by Crippen LogP contribution is -2.02. The van der Waals surface area contributed by atoms with Crippen molar-refractivity contribution in [2.45, 2.75) is 26.3 Å². The van der Waals surface area contributed by atoms with Gasteiger partial charge in [-0.15, -0.1) is 0 Å². The van der Waals surface area contributed by atoms with Gasteiger partial charge in [-0.2, -0.15) is 0 Å². The number of nitrogens with two attached hydrogens (primary N) is 1. The van der Waals surface area contributed by atoms with Crippen molar-refractivity contribution in [3.63, 3.8) is 0 Å². The molecular formula is C13H16F2N2. The molecule has 2 aromatic rings. The molecule has 0 unspecified atom stereocenters. The molecule has 0 saturated carbocycles. The Labute approximate surface area is 99.0 Å². The molecule has 1 heterocycles. The van der Waals surface area contributed by atoms with E-state index in [0.717, 1.165) is 11.6 Å². The first-order valence-corrected chi connectivity index (χ1v) is 5.73. The van der Waals surface area contributed by atoms with Gasteiger partial charge in [0.05, 0.1) is 5.52 Å². The molecule has 92 valence electrons. The Balaban J connectivity index is 2.76. The van der Waals surface area contributed by atoms with Crippen LogP contribution in [0, 0.1) is 11.6 Å². The van der Waals surface area contributed by atoms with Gasteiger partial charge in [0, 0.05) is 23.7 Å². The molecule has 0 radical (unpaired) electrons. The Morgan fingerprint density at radius 1 is 1.29 bits per heavy atom. The van der Waals surface area contributed by atoms with Crippen LogP contribution in [-0.2, 0) is 6.42 Å². The normalized spacial score (nSPS) is 11.6. The van der Waals surface area contributed by atoms with E-state index >= 15 is 0 Å². The van der Waals surface area contributed by atoms with Gasteiger partial charge < -0.3 is 10.3 Å². The summed E-state index contributed by atoms with van der Waals surface area (Å²) >= 11 is 0.